The zero-order valence-electron chi connectivity index (χ0n) is 24.0. The Bertz CT molecular complexity index is 968. The number of carbonyl (C=O) groups excluding carboxylic acids is 1. The molecule has 5 fully saturated rings. The molecular weight excluding hydrogens is 518 g/mol. The van der Waals surface area contributed by atoms with Crippen molar-refractivity contribution in [2.45, 2.75) is 116 Å². The predicted octanol–water partition coefficient (Wildman–Crippen LogP) is 4.35. The largest absolute Gasteiger partial charge is 0.393 e. The third-order valence-corrected chi connectivity index (χ3v) is 12.7. The van der Waals surface area contributed by atoms with Gasteiger partial charge >= 0.3 is 0 Å². The van der Waals surface area contributed by atoms with Crippen LogP contribution >= 0.6 is 0 Å². The zero-order chi connectivity index (χ0) is 27.8. The van der Waals surface area contributed by atoms with Crippen LogP contribution in [-0.4, -0.2) is 67.8 Å². The van der Waals surface area contributed by atoms with Crippen LogP contribution in [-0.2, 0) is 24.4 Å². The van der Waals surface area contributed by atoms with Crippen LogP contribution < -0.4 is 5.32 Å². The number of ether oxygens (including phenoxy) is 2. The van der Waals surface area contributed by atoms with Gasteiger partial charge in [0.05, 0.1) is 24.1 Å². The first kappa shape index (κ1) is 29.7. The number of carbonyl (C=O) groups is 1. The summed E-state index contributed by atoms with van der Waals surface area (Å²) in [6, 6.07) is 0. The molecule has 4 aliphatic carbocycles. The van der Waals surface area contributed by atoms with Gasteiger partial charge in [-0.2, -0.15) is 8.42 Å². The van der Waals surface area contributed by atoms with Crippen LogP contribution in [0.4, 0.5) is 0 Å². The van der Waals surface area contributed by atoms with Gasteiger partial charge in [-0.15, -0.1) is 0 Å². The van der Waals surface area contributed by atoms with E-state index in [4.69, 9.17) is 14.0 Å². The highest BCUT2D eigenvalue weighted by molar-refractivity contribution is 7.85. The molecule has 5 aliphatic rings. The van der Waals surface area contributed by atoms with Gasteiger partial charge in [0.1, 0.15) is 0 Å². The number of hydrogen-bond donors (Lipinski definition) is 3. The Morgan fingerprint density at radius 2 is 1.69 bits per heavy atom. The quantitative estimate of drug-likeness (QED) is 0.353. The smallest absolute Gasteiger partial charge is 0.266 e. The normalized spacial score (nSPS) is 42.8. The van der Waals surface area contributed by atoms with Gasteiger partial charge in [-0.05, 0) is 117 Å². The van der Waals surface area contributed by atoms with Crippen LogP contribution in [0.2, 0.25) is 0 Å². The van der Waals surface area contributed by atoms with E-state index >= 15 is 0 Å². The molecule has 0 aromatic rings. The monoisotopic (exact) mass is 569 g/mol. The van der Waals surface area contributed by atoms with Crippen molar-refractivity contribution in [3.63, 3.8) is 0 Å². The Balaban J connectivity index is 1.16. The van der Waals surface area contributed by atoms with E-state index in [-0.39, 0.29) is 24.0 Å². The third kappa shape index (κ3) is 6.37. The summed E-state index contributed by atoms with van der Waals surface area (Å²) in [7, 11) is -4.06. The number of rotatable bonds is 9. The molecule has 0 bridgehead atoms. The number of amides is 1. The van der Waals surface area contributed by atoms with Crippen LogP contribution in [0.5, 0.6) is 0 Å². The van der Waals surface area contributed by atoms with E-state index < -0.39 is 15.9 Å². The highest BCUT2D eigenvalue weighted by atomic mass is 32.2. The number of aliphatic hydroxyl groups is 1. The third-order valence-electron chi connectivity index (χ3n) is 12.0. The molecule has 8 nitrogen and oxygen atoms in total. The molecule has 1 unspecified atom stereocenters. The van der Waals surface area contributed by atoms with Gasteiger partial charge in [0.2, 0.25) is 5.91 Å². The van der Waals surface area contributed by atoms with Crippen molar-refractivity contribution >= 4 is 16.0 Å². The molecule has 1 saturated heterocycles. The van der Waals surface area contributed by atoms with Gasteiger partial charge in [-0.1, -0.05) is 13.8 Å². The summed E-state index contributed by atoms with van der Waals surface area (Å²) in [5.74, 6) is 2.01. The fourth-order valence-corrected chi connectivity index (χ4v) is 10.3. The molecule has 0 spiro atoms. The predicted molar refractivity (Wildman–Crippen MR) is 149 cm³/mol. The molecule has 4 saturated carbocycles. The Labute approximate surface area is 235 Å². The van der Waals surface area contributed by atoms with Crippen LogP contribution in [0.3, 0.4) is 0 Å². The molecule has 0 radical (unpaired) electrons. The minimum absolute atomic E-state index is 0.0516. The second kappa shape index (κ2) is 11.9. The number of hydrogen-bond acceptors (Lipinski definition) is 6. The maximum atomic E-state index is 12.2. The maximum Gasteiger partial charge on any atom is 0.266 e. The van der Waals surface area contributed by atoms with Gasteiger partial charge in [0.15, 0.2) is 0 Å². The van der Waals surface area contributed by atoms with Gasteiger partial charge in [-0.3, -0.25) is 9.35 Å². The summed E-state index contributed by atoms with van der Waals surface area (Å²) >= 11 is 0. The molecule has 1 aliphatic heterocycles. The molecule has 0 aromatic heterocycles. The van der Waals surface area contributed by atoms with Crippen LogP contribution in [0.1, 0.15) is 97.3 Å². The van der Waals surface area contributed by atoms with Crippen molar-refractivity contribution in [3.8, 4) is 0 Å². The first-order chi connectivity index (χ1) is 18.5. The first-order valence-electron chi connectivity index (χ1n) is 15.6. The van der Waals surface area contributed by atoms with E-state index in [1.807, 2.05) is 0 Å². The molecule has 9 heteroatoms. The highest BCUT2D eigenvalue weighted by Crippen LogP contribution is 2.68. The average molecular weight is 570 g/mol. The first-order valence-corrected chi connectivity index (χ1v) is 17.2. The summed E-state index contributed by atoms with van der Waals surface area (Å²) in [6.45, 7) is 6.56. The lowest BCUT2D eigenvalue weighted by Crippen LogP contribution is -2.58. The van der Waals surface area contributed by atoms with Crippen molar-refractivity contribution in [2.75, 3.05) is 25.5 Å². The van der Waals surface area contributed by atoms with Gasteiger partial charge in [0, 0.05) is 26.2 Å². The van der Waals surface area contributed by atoms with Crippen molar-refractivity contribution in [1.29, 1.82) is 0 Å². The zero-order valence-corrected chi connectivity index (χ0v) is 24.8. The van der Waals surface area contributed by atoms with E-state index in [9.17, 15) is 18.3 Å². The van der Waals surface area contributed by atoms with E-state index in [0.717, 1.165) is 58.2 Å². The van der Waals surface area contributed by atoms with Gasteiger partial charge in [0.25, 0.3) is 10.1 Å². The molecule has 5 rings (SSSR count). The maximum absolute atomic E-state index is 12.2. The number of nitrogens with one attached hydrogen (secondary N) is 1. The Morgan fingerprint density at radius 3 is 2.44 bits per heavy atom. The summed E-state index contributed by atoms with van der Waals surface area (Å²) in [6.07, 6.45) is 13.7. The summed E-state index contributed by atoms with van der Waals surface area (Å²) in [4.78, 5) is 12.2. The molecule has 1 heterocycles. The molecule has 1 amide bonds. The van der Waals surface area contributed by atoms with Crippen molar-refractivity contribution in [2.24, 2.45) is 40.4 Å². The SMILES string of the molecule is C[C@]12CC[C@H]3[C@@H]([C@@H](O)CC4C[C@H](OC5CCOCC5)CC[C@@]43C)[C@@H]1CC[C@@H]2CCCC(=O)NCCS(=O)(=O)O. The number of fused-ring (bicyclic) bond motifs is 5. The Morgan fingerprint density at radius 1 is 0.974 bits per heavy atom. The standard InChI is InChI=1S/C30H51NO7S/c1-29-13-9-25-28(24(29)7-6-20(29)4-3-5-27(33)31-14-17-39(34,35)36)26(32)19-21-18-23(8-12-30(21,25)2)38-22-10-15-37-16-11-22/h20-26,28,32H,3-19H2,1-2H3,(H,31,33)(H,34,35,36)/t20-,21?,23+,24-,25-,26-,28-,29+,30-/m0/s1. The molecule has 9 atom stereocenters. The minimum Gasteiger partial charge on any atom is -0.393 e. The number of aliphatic hydroxyl groups excluding tert-OH is 1. The van der Waals surface area contributed by atoms with Gasteiger partial charge in [-0.25, -0.2) is 0 Å². The van der Waals surface area contributed by atoms with Crippen LogP contribution in [0.25, 0.3) is 0 Å². The van der Waals surface area contributed by atoms with Gasteiger partial charge < -0.3 is 19.9 Å². The highest BCUT2D eigenvalue weighted by Gasteiger charge is 2.62. The van der Waals surface area contributed by atoms with E-state index in [1.54, 1.807) is 0 Å². The summed E-state index contributed by atoms with van der Waals surface area (Å²) in [5.41, 5.74) is 0.509. The molecule has 224 valence electrons. The van der Waals surface area contributed by atoms with Crippen molar-refractivity contribution in [3.05, 3.63) is 0 Å². The Hall–Kier alpha value is -0.740. The molecule has 39 heavy (non-hydrogen) atoms. The van der Waals surface area contributed by atoms with Crippen LogP contribution in [0.15, 0.2) is 0 Å². The topological polar surface area (TPSA) is 122 Å². The summed E-state index contributed by atoms with van der Waals surface area (Å²) < 4.78 is 42.6. The van der Waals surface area contributed by atoms with Crippen molar-refractivity contribution in [1.82, 2.24) is 5.32 Å². The van der Waals surface area contributed by atoms with E-state index in [2.05, 4.69) is 19.2 Å². The van der Waals surface area contributed by atoms with E-state index in [1.165, 1.54) is 32.1 Å². The molecular formula is C30H51NO7S. The average Bonchev–Trinajstić information content (AvgIpc) is 3.21. The lowest BCUT2D eigenvalue weighted by Gasteiger charge is -2.62. The van der Waals surface area contributed by atoms with Crippen molar-refractivity contribution < 1.29 is 32.3 Å². The van der Waals surface area contributed by atoms with E-state index in [0.29, 0.717) is 53.6 Å². The second-order valence-electron chi connectivity index (χ2n) is 14.0. The fraction of sp³-hybridized carbons (Fsp3) is 0.967. The molecule has 0 aromatic carbocycles. The lowest BCUT2D eigenvalue weighted by atomic mass is 9.44. The van der Waals surface area contributed by atoms with Crippen LogP contribution in [0, 0.1) is 40.4 Å². The summed E-state index contributed by atoms with van der Waals surface area (Å²) in [5, 5.41) is 14.2. The lowest BCUT2D eigenvalue weighted by molar-refractivity contribution is -0.184. The second-order valence-corrected chi connectivity index (χ2v) is 15.6. The fourth-order valence-electron chi connectivity index (χ4n) is 9.89. The minimum atomic E-state index is -4.06. The molecule has 3 N–H and O–H groups in total. The Kier molecular flexibility index (Phi) is 9.05.